The van der Waals surface area contributed by atoms with Gasteiger partial charge in [0.05, 0.1) is 6.61 Å². The van der Waals surface area contributed by atoms with E-state index in [1.807, 2.05) is 24.0 Å². The van der Waals surface area contributed by atoms with Crippen LogP contribution in [0.5, 0.6) is 5.88 Å². The first kappa shape index (κ1) is 17.3. The van der Waals surface area contributed by atoms with E-state index in [1.54, 1.807) is 7.11 Å². The summed E-state index contributed by atoms with van der Waals surface area (Å²) in [5, 5.41) is 3.68. The molecule has 1 aliphatic rings. The third-order valence-corrected chi connectivity index (χ3v) is 5.18. The number of thioether (sulfide) groups is 1. The Morgan fingerprint density at radius 1 is 1.21 bits per heavy atom. The number of fused-ring (bicyclic) bond motifs is 1. The quantitative estimate of drug-likeness (QED) is 0.781. The number of aryl methyl sites for hydroxylation is 1. The van der Waals surface area contributed by atoms with Gasteiger partial charge in [-0.25, -0.2) is 4.98 Å². The van der Waals surface area contributed by atoms with Crippen LogP contribution in [-0.4, -0.2) is 36.8 Å². The number of methoxy groups -OCH3 is 1. The van der Waals surface area contributed by atoms with Gasteiger partial charge in [-0.05, 0) is 28.9 Å². The van der Waals surface area contributed by atoms with Crippen molar-refractivity contribution in [3.63, 3.8) is 0 Å². The highest BCUT2D eigenvalue weighted by atomic mass is 32.2. The molecule has 3 rings (SSSR count). The van der Waals surface area contributed by atoms with E-state index >= 15 is 0 Å². The van der Waals surface area contributed by atoms with Gasteiger partial charge in [0.1, 0.15) is 6.61 Å². The zero-order valence-corrected chi connectivity index (χ0v) is 14.8. The van der Waals surface area contributed by atoms with E-state index in [1.165, 1.54) is 22.4 Å². The smallest absolute Gasteiger partial charge is 0.213 e. The van der Waals surface area contributed by atoms with Crippen LogP contribution in [0.15, 0.2) is 42.6 Å². The molecule has 128 valence electrons. The normalized spacial score (nSPS) is 17.1. The number of hydrogen-bond donors (Lipinski definition) is 1. The van der Waals surface area contributed by atoms with Crippen molar-refractivity contribution >= 4 is 11.8 Å². The lowest BCUT2D eigenvalue weighted by Crippen LogP contribution is -2.23. The van der Waals surface area contributed by atoms with Gasteiger partial charge in [0.15, 0.2) is 0 Å². The molecule has 0 saturated heterocycles. The van der Waals surface area contributed by atoms with Crippen LogP contribution < -0.4 is 10.1 Å². The Kier molecular flexibility index (Phi) is 6.52. The van der Waals surface area contributed by atoms with Crippen LogP contribution in [0.4, 0.5) is 0 Å². The first-order chi connectivity index (χ1) is 11.9. The Labute approximate surface area is 148 Å². The number of nitrogens with zero attached hydrogens (tertiary/aromatic N) is 1. The largest absolute Gasteiger partial charge is 0.475 e. The summed E-state index contributed by atoms with van der Waals surface area (Å²) in [5.74, 6) is 2.96. The number of benzene rings is 1. The zero-order chi connectivity index (χ0) is 16.6. The van der Waals surface area contributed by atoms with Gasteiger partial charge in [0.2, 0.25) is 5.88 Å². The average Bonchev–Trinajstić information content (AvgIpc) is 2.83. The topological polar surface area (TPSA) is 43.4 Å². The maximum absolute atomic E-state index is 5.50. The van der Waals surface area contributed by atoms with E-state index in [2.05, 4.69) is 40.6 Å². The van der Waals surface area contributed by atoms with Crippen molar-refractivity contribution in [3.8, 4) is 5.88 Å². The molecule has 0 amide bonds. The Morgan fingerprint density at radius 2 is 2.12 bits per heavy atom. The van der Waals surface area contributed by atoms with Crippen LogP contribution in [0, 0.1) is 0 Å². The van der Waals surface area contributed by atoms with Crippen molar-refractivity contribution in [2.45, 2.75) is 19.0 Å². The lowest BCUT2D eigenvalue weighted by atomic mass is 9.99. The van der Waals surface area contributed by atoms with Crippen LogP contribution in [0.1, 0.15) is 22.7 Å². The number of nitrogens with one attached hydrogen (secondary N) is 1. The summed E-state index contributed by atoms with van der Waals surface area (Å²) >= 11 is 2.02. The molecule has 1 aliphatic heterocycles. The molecule has 1 aromatic heterocycles. The van der Waals surface area contributed by atoms with Crippen LogP contribution >= 0.6 is 11.8 Å². The fraction of sp³-hybridized carbons (Fsp3) is 0.421. The highest BCUT2D eigenvalue weighted by Crippen LogP contribution is 2.27. The molecule has 0 radical (unpaired) electrons. The van der Waals surface area contributed by atoms with Gasteiger partial charge in [-0.2, -0.15) is 11.8 Å². The van der Waals surface area contributed by atoms with E-state index in [4.69, 9.17) is 9.47 Å². The van der Waals surface area contributed by atoms with Crippen molar-refractivity contribution in [1.82, 2.24) is 10.3 Å². The summed E-state index contributed by atoms with van der Waals surface area (Å²) in [4.78, 5) is 4.35. The summed E-state index contributed by atoms with van der Waals surface area (Å²) in [6.07, 6.45) is 3.04. The lowest BCUT2D eigenvalue weighted by molar-refractivity contribution is 0.143. The molecule has 2 aromatic rings. The monoisotopic (exact) mass is 344 g/mol. The molecular weight excluding hydrogens is 320 g/mol. The van der Waals surface area contributed by atoms with Crippen molar-refractivity contribution in [2.75, 3.05) is 31.8 Å². The molecule has 2 heterocycles. The highest BCUT2D eigenvalue weighted by molar-refractivity contribution is 7.99. The molecule has 0 aliphatic carbocycles. The van der Waals surface area contributed by atoms with Gasteiger partial charge in [-0.15, -0.1) is 0 Å². The summed E-state index contributed by atoms with van der Waals surface area (Å²) < 4.78 is 10.5. The maximum Gasteiger partial charge on any atom is 0.213 e. The standard InChI is InChI=1S/C19H24N2O2S/c1-22-9-10-23-19-7-6-15(13-21-19)12-20-18-14-24-11-8-16-4-2-3-5-17(16)18/h2-7,13,18,20H,8-12,14H2,1H3. The second-order valence-corrected chi connectivity index (χ2v) is 6.95. The number of aromatic nitrogens is 1. The lowest BCUT2D eigenvalue weighted by Gasteiger charge is -2.19. The van der Waals surface area contributed by atoms with Crippen molar-refractivity contribution < 1.29 is 9.47 Å². The highest BCUT2D eigenvalue weighted by Gasteiger charge is 2.17. The first-order valence-corrected chi connectivity index (χ1v) is 9.48. The van der Waals surface area contributed by atoms with Gasteiger partial charge in [-0.1, -0.05) is 30.3 Å². The molecule has 1 aromatic carbocycles. The number of pyridine rings is 1. The molecule has 0 fully saturated rings. The zero-order valence-electron chi connectivity index (χ0n) is 14.0. The third kappa shape index (κ3) is 4.72. The predicted molar refractivity (Wildman–Crippen MR) is 98.7 cm³/mol. The van der Waals surface area contributed by atoms with E-state index in [-0.39, 0.29) is 0 Å². The second-order valence-electron chi connectivity index (χ2n) is 5.80. The minimum atomic E-state index is 0.395. The molecule has 0 bridgehead atoms. The van der Waals surface area contributed by atoms with E-state index < -0.39 is 0 Å². The molecule has 5 heteroatoms. The van der Waals surface area contributed by atoms with Crippen molar-refractivity contribution in [2.24, 2.45) is 0 Å². The second kappa shape index (κ2) is 9.06. The molecular formula is C19H24N2O2S. The third-order valence-electron chi connectivity index (χ3n) is 4.12. The van der Waals surface area contributed by atoms with Gasteiger partial charge >= 0.3 is 0 Å². The summed E-state index contributed by atoms with van der Waals surface area (Å²) in [7, 11) is 1.66. The number of ether oxygens (including phenoxy) is 2. The van der Waals surface area contributed by atoms with E-state index in [0.717, 1.165) is 18.7 Å². The van der Waals surface area contributed by atoms with Crippen LogP contribution in [-0.2, 0) is 17.7 Å². The Morgan fingerprint density at radius 3 is 2.96 bits per heavy atom. The Hall–Kier alpha value is -1.56. The van der Waals surface area contributed by atoms with Gasteiger partial charge in [0, 0.05) is 37.7 Å². The van der Waals surface area contributed by atoms with Crippen molar-refractivity contribution in [3.05, 3.63) is 59.3 Å². The maximum atomic E-state index is 5.50. The molecule has 1 atom stereocenters. The molecule has 4 nitrogen and oxygen atoms in total. The van der Waals surface area contributed by atoms with Crippen LogP contribution in [0.2, 0.25) is 0 Å². The minimum absolute atomic E-state index is 0.395. The molecule has 24 heavy (non-hydrogen) atoms. The fourth-order valence-electron chi connectivity index (χ4n) is 2.82. The van der Waals surface area contributed by atoms with Gasteiger partial charge < -0.3 is 14.8 Å². The number of hydrogen-bond acceptors (Lipinski definition) is 5. The molecule has 0 saturated carbocycles. The van der Waals surface area contributed by atoms with E-state index in [9.17, 15) is 0 Å². The Bertz CT molecular complexity index is 634. The summed E-state index contributed by atoms with van der Waals surface area (Å²) in [6.45, 7) is 1.91. The summed E-state index contributed by atoms with van der Waals surface area (Å²) in [6, 6.07) is 13.2. The fourth-order valence-corrected chi connectivity index (χ4v) is 3.88. The predicted octanol–water partition coefficient (Wildman–Crippen LogP) is 3.23. The summed E-state index contributed by atoms with van der Waals surface area (Å²) in [5.41, 5.74) is 4.08. The van der Waals surface area contributed by atoms with Crippen molar-refractivity contribution in [1.29, 1.82) is 0 Å². The minimum Gasteiger partial charge on any atom is -0.475 e. The molecule has 1 N–H and O–H groups in total. The average molecular weight is 344 g/mol. The SMILES string of the molecule is COCCOc1ccc(CNC2CSCCc3ccccc32)cn1. The molecule has 1 unspecified atom stereocenters. The molecule has 0 spiro atoms. The van der Waals surface area contributed by atoms with Crippen LogP contribution in [0.3, 0.4) is 0 Å². The van der Waals surface area contributed by atoms with Crippen LogP contribution in [0.25, 0.3) is 0 Å². The van der Waals surface area contributed by atoms with Gasteiger partial charge in [-0.3, -0.25) is 0 Å². The number of rotatable bonds is 7. The first-order valence-electron chi connectivity index (χ1n) is 8.32. The Balaban J connectivity index is 1.57. The van der Waals surface area contributed by atoms with E-state index in [0.29, 0.717) is 25.1 Å². The van der Waals surface area contributed by atoms with Gasteiger partial charge in [0.25, 0.3) is 0 Å².